The molecule has 2 bridgehead atoms. The molecule has 3 N–H and O–H groups in total. The molecular formula is C25H33N5O3S. The minimum atomic E-state index is -0.351. The van der Waals surface area contributed by atoms with Gasteiger partial charge in [0.05, 0.1) is 11.0 Å². The molecule has 2 aromatic rings. The lowest BCUT2D eigenvalue weighted by Gasteiger charge is -2.31. The van der Waals surface area contributed by atoms with Crippen molar-refractivity contribution >= 4 is 29.0 Å². The van der Waals surface area contributed by atoms with Gasteiger partial charge in [0.15, 0.2) is 5.01 Å². The number of aryl methyl sites for hydroxylation is 1. The van der Waals surface area contributed by atoms with E-state index in [4.69, 9.17) is 0 Å². The summed E-state index contributed by atoms with van der Waals surface area (Å²) in [6.07, 6.45) is 7.72. The van der Waals surface area contributed by atoms with Crippen molar-refractivity contribution in [1.82, 2.24) is 20.2 Å². The molecule has 0 unspecified atom stereocenters. The van der Waals surface area contributed by atoms with Crippen molar-refractivity contribution in [3.63, 3.8) is 0 Å². The molecule has 2 amide bonds. The van der Waals surface area contributed by atoms with Gasteiger partial charge in [-0.1, -0.05) is 6.92 Å². The molecule has 3 aliphatic rings. The number of rotatable bonds is 7. The molecule has 4 heterocycles. The fourth-order valence-electron chi connectivity index (χ4n) is 5.29. The van der Waals surface area contributed by atoms with Crippen molar-refractivity contribution in [2.24, 2.45) is 0 Å². The van der Waals surface area contributed by atoms with Crippen LogP contribution in [0.2, 0.25) is 0 Å². The Morgan fingerprint density at radius 1 is 1.24 bits per heavy atom. The number of aliphatic hydroxyl groups is 1. The molecule has 5 rings (SSSR count). The summed E-state index contributed by atoms with van der Waals surface area (Å²) in [6.45, 7) is 6.24. The number of hydrogen-bond acceptors (Lipinski definition) is 7. The van der Waals surface area contributed by atoms with Crippen LogP contribution in [0.15, 0.2) is 12.3 Å². The van der Waals surface area contributed by atoms with Crippen LogP contribution in [0.1, 0.15) is 84.6 Å². The zero-order chi connectivity index (χ0) is 24.0. The monoisotopic (exact) mass is 483 g/mol. The molecule has 2 aliphatic heterocycles. The molecule has 8 nitrogen and oxygen atoms in total. The highest BCUT2D eigenvalue weighted by atomic mass is 32.1. The molecule has 0 radical (unpaired) electrons. The zero-order valence-corrected chi connectivity index (χ0v) is 20.8. The van der Waals surface area contributed by atoms with E-state index < -0.39 is 0 Å². The van der Waals surface area contributed by atoms with Gasteiger partial charge in [-0.2, -0.15) is 0 Å². The van der Waals surface area contributed by atoms with E-state index in [-0.39, 0.29) is 41.1 Å². The third-order valence-corrected chi connectivity index (χ3v) is 8.61. The number of carbonyl (C=O) groups is 2. The highest BCUT2D eigenvalue weighted by Gasteiger charge is 2.44. The quantitative estimate of drug-likeness (QED) is 0.554. The molecule has 1 saturated carbocycles. The Balaban J connectivity index is 1.48. The summed E-state index contributed by atoms with van der Waals surface area (Å²) in [5.74, 6) is 0.440. The third-order valence-electron chi connectivity index (χ3n) is 7.52. The fourth-order valence-corrected chi connectivity index (χ4v) is 6.33. The summed E-state index contributed by atoms with van der Waals surface area (Å²) in [4.78, 5) is 38.5. The summed E-state index contributed by atoms with van der Waals surface area (Å²) in [5.41, 5.74) is 2.17. The Morgan fingerprint density at radius 3 is 2.50 bits per heavy atom. The van der Waals surface area contributed by atoms with Crippen LogP contribution in [0.25, 0.3) is 10.4 Å². The van der Waals surface area contributed by atoms with E-state index in [9.17, 15) is 14.7 Å². The number of nitrogens with zero attached hydrogens (tertiary/aromatic N) is 3. The van der Waals surface area contributed by atoms with Crippen LogP contribution in [-0.4, -0.2) is 62.1 Å². The zero-order valence-electron chi connectivity index (χ0n) is 20.0. The van der Waals surface area contributed by atoms with E-state index in [0.29, 0.717) is 29.5 Å². The first-order valence-corrected chi connectivity index (χ1v) is 13.2. The van der Waals surface area contributed by atoms with Gasteiger partial charge in [-0.05, 0) is 70.4 Å². The van der Waals surface area contributed by atoms with Crippen molar-refractivity contribution in [3.05, 3.63) is 28.5 Å². The molecule has 34 heavy (non-hydrogen) atoms. The van der Waals surface area contributed by atoms with Gasteiger partial charge in [0.1, 0.15) is 11.5 Å². The maximum absolute atomic E-state index is 13.7. The topological polar surface area (TPSA) is 107 Å². The van der Waals surface area contributed by atoms with Gasteiger partial charge in [0.2, 0.25) is 0 Å². The number of carbonyl (C=O) groups excluding carboxylic acids is 2. The molecular weight excluding hydrogens is 450 g/mol. The molecule has 9 heteroatoms. The van der Waals surface area contributed by atoms with Gasteiger partial charge in [0, 0.05) is 35.9 Å². The van der Waals surface area contributed by atoms with Crippen molar-refractivity contribution < 1.29 is 14.7 Å². The molecule has 2 saturated heterocycles. The van der Waals surface area contributed by atoms with Gasteiger partial charge in [-0.15, -0.1) is 11.3 Å². The molecule has 182 valence electrons. The van der Waals surface area contributed by atoms with E-state index in [1.54, 1.807) is 6.20 Å². The Bertz CT molecular complexity index is 1080. The predicted octanol–water partition coefficient (Wildman–Crippen LogP) is 3.74. The first-order valence-electron chi connectivity index (χ1n) is 12.4. The summed E-state index contributed by atoms with van der Waals surface area (Å²) in [6, 6.07) is 2.82. The van der Waals surface area contributed by atoms with Crippen LogP contribution in [0.4, 0.5) is 5.82 Å². The number of pyridine rings is 1. The number of thiazole rings is 1. The van der Waals surface area contributed by atoms with Crippen molar-refractivity contribution in [2.45, 2.75) is 96.0 Å². The van der Waals surface area contributed by atoms with Crippen LogP contribution in [-0.2, 0) is 0 Å². The van der Waals surface area contributed by atoms with E-state index in [1.165, 1.54) is 11.3 Å². The van der Waals surface area contributed by atoms with E-state index in [0.717, 1.165) is 49.0 Å². The van der Waals surface area contributed by atoms with E-state index >= 15 is 0 Å². The second-order valence-corrected chi connectivity index (χ2v) is 11.0. The lowest BCUT2D eigenvalue weighted by Crippen LogP contribution is -2.46. The first-order chi connectivity index (χ1) is 16.3. The maximum Gasteiger partial charge on any atom is 0.280 e. The fraction of sp³-hybridized carbons (Fsp3) is 0.600. The molecule has 0 spiro atoms. The summed E-state index contributed by atoms with van der Waals surface area (Å²) >= 11 is 1.25. The number of fused-ring (bicyclic) bond motifs is 2. The van der Waals surface area contributed by atoms with Gasteiger partial charge in [-0.3, -0.25) is 9.59 Å². The second-order valence-electron chi connectivity index (χ2n) is 10.0. The standard InChI is InChI=1S/C25H33N5O3S/c1-4-14(3)27-20-9-13(2)19(12-26-20)22-21(25(33)30-16-5-6-17(30)8-7-16)29-24(34-22)23(32)28-15-10-18(31)11-15/h9,12,14-18,31H,4-8,10-11H2,1-3H3,(H,26,27)(H,28,32)/t14-,15-,16?,17?,18-/m1/s1. The van der Waals surface area contributed by atoms with Gasteiger partial charge < -0.3 is 20.6 Å². The number of anilines is 1. The van der Waals surface area contributed by atoms with Gasteiger partial charge >= 0.3 is 0 Å². The molecule has 1 atom stereocenters. The van der Waals surface area contributed by atoms with Crippen molar-refractivity contribution in [2.75, 3.05) is 5.32 Å². The summed E-state index contributed by atoms with van der Waals surface area (Å²) in [5, 5.41) is 16.2. The molecule has 2 aromatic heterocycles. The Labute approximate surface area is 204 Å². The Hall–Kier alpha value is -2.52. The Kier molecular flexibility index (Phi) is 6.33. The average molecular weight is 484 g/mol. The number of amides is 2. The number of hydrogen-bond donors (Lipinski definition) is 3. The SMILES string of the molecule is CC[C@@H](C)Nc1cc(C)c(-c2sc(C(=O)N[C@H]3C[C@H](O)C3)nc2C(=O)N2C3CCC2CC3)cn1. The minimum absolute atomic E-state index is 0.0438. The van der Waals surface area contributed by atoms with Crippen LogP contribution < -0.4 is 10.6 Å². The number of aromatic nitrogens is 2. The van der Waals surface area contributed by atoms with Gasteiger partial charge in [-0.25, -0.2) is 9.97 Å². The maximum atomic E-state index is 13.7. The van der Waals surface area contributed by atoms with Crippen molar-refractivity contribution in [3.8, 4) is 10.4 Å². The van der Waals surface area contributed by atoms with Gasteiger partial charge in [0.25, 0.3) is 11.8 Å². The lowest BCUT2D eigenvalue weighted by molar-refractivity contribution is 0.0562. The van der Waals surface area contributed by atoms with Crippen LogP contribution in [0.5, 0.6) is 0 Å². The normalized spacial score (nSPS) is 26.3. The summed E-state index contributed by atoms with van der Waals surface area (Å²) < 4.78 is 0. The average Bonchev–Trinajstić information content (AvgIpc) is 3.52. The smallest absolute Gasteiger partial charge is 0.280 e. The van der Waals surface area contributed by atoms with Crippen LogP contribution >= 0.6 is 11.3 Å². The second kappa shape index (κ2) is 9.26. The number of aliphatic hydroxyl groups excluding tert-OH is 1. The summed E-state index contributed by atoms with van der Waals surface area (Å²) in [7, 11) is 0. The minimum Gasteiger partial charge on any atom is -0.393 e. The van der Waals surface area contributed by atoms with E-state index in [2.05, 4.69) is 34.4 Å². The highest BCUT2D eigenvalue weighted by molar-refractivity contribution is 7.17. The van der Waals surface area contributed by atoms with Crippen molar-refractivity contribution in [1.29, 1.82) is 0 Å². The van der Waals surface area contributed by atoms with Crippen LogP contribution in [0, 0.1) is 6.92 Å². The third kappa shape index (κ3) is 4.31. The molecule has 1 aliphatic carbocycles. The largest absolute Gasteiger partial charge is 0.393 e. The van der Waals surface area contributed by atoms with E-state index in [1.807, 2.05) is 17.9 Å². The number of nitrogens with one attached hydrogen (secondary N) is 2. The Morgan fingerprint density at radius 2 is 1.91 bits per heavy atom. The molecule has 0 aromatic carbocycles. The lowest BCUT2D eigenvalue weighted by atomic mass is 9.89. The highest BCUT2D eigenvalue weighted by Crippen LogP contribution is 2.41. The first kappa shape index (κ1) is 23.2. The van der Waals surface area contributed by atoms with Crippen LogP contribution in [0.3, 0.4) is 0 Å². The molecule has 3 fully saturated rings. The predicted molar refractivity (Wildman–Crippen MR) is 132 cm³/mol.